The molecule has 32 heavy (non-hydrogen) atoms. The summed E-state index contributed by atoms with van der Waals surface area (Å²) in [6, 6.07) is 7.52. The van der Waals surface area contributed by atoms with E-state index in [2.05, 4.69) is 0 Å². The van der Waals surface area contributed by atoms with Crippen LogP contribution in [-0.4, -0.2) is 33.4 Å². The summed E-state index contributed by atoms with van der Waals surface area (Å²) in [5.41, 5.74) is 4.00. The molecule has 1 aromatic carbocycles. The van der Waals surface area contributed by atoms with E-state index in [-0.39, 0.29) is 60.4 Å². The second-order valence-electron chi connectivity index (χ2n) is 9.71. The summed E-state index contributed by atoms with van der Waals surface area (Å²) in [7, 11) is 0. The topological polar surface area (TPSA) is 74.8 Å². The molecule has 0 saturated carbocycles. The Hall–Kier alpha value is -3.02. The van der Waals surface area contributed by atoms with Crippen molar-refractivity contribution in [3.05, 3.63) is 58.7 Å². The minimum atomic E-state index is -0.334. The van der Waals surface area contributed by atoms with Crippen LogP contribution in [-0.2, 0) is 32.3 Å². The van der Waals surface area contributed by atoms with Gasteiger partial charge in [-0.3, -0.25) is 29.0 Å². The molecule has 6 heteroatoms. The number of carbonyl (C=O) groups excluding carboxylic acids is 4. The normalized spacial score (nSPS) is 29.8. The van der Waals surface area contributed by atoms with Crippen LogP contribution in [0.3, 0.4) is 0 Å². The Balaban J connectivity index is 1.32. The second-order valence-corrected chi connectivity index (χ2v) is 9.71. The number of benzene rings is 1. The molecule has 4 amide bonds. The van der Waals surface area contributed by atoms with Gasteiger partial charge in [-0.1, -0.05) is 47.6 Å². The summed E-state index contributed by atoms with van der Waals surface area (Å²) in [4.78, 5) is 54.2. The average molecular weight is 433 g/mol. The van der Waals surface area contributed by atoms with Gasteiger partial charge in [-0.15, -0.1) is 0 Å². The predicted molar refractivity (Wildman–Crippen MR) is 117 cm³/mol. The smallest absolute Gasteiger partial charge is 0.237 e. The highest BCUT2D eigenvalue weighted by atomic mass is 16.2. The fourth-order valence-electron chi connectivity index (χ4n) is 5.66. The number of nitrogens with zero attached hydrogens (tertiary/aromatic N) is 2. The number of likely N-dealkylation sites (tertiary alicyclic amines) is 2. The van der Waals surface area contributed by atoms with Gasteiger partial charge in [0, 0.05) is 0 Å². The fourth-order valence-corrected chi connectivity index (χ4v) is 5.66. The molecule has 0 radical (unpaired) electrons. The van der Waals surface area contributed by atoms with Gasteiger partial charge in [-0.25, -0.2) is 0 Å². The van der Waals surface area contributed by atoms with Gasteiger partial charge in [0.1, 0.15) is 0 Å². The lowest BCUT2D eigenvalue weighted by atomic mass is 9.83. The van der Waals surface area contributed by atoms with E-state index < -0.39 is 0 Å². The lowest BCUT2D eigenvalue weighted by Crippen LogP contribution is -2.31. The van der Waals surface area contributed by atoms with Crippen molar-refractivity contribution >= 4 is 23.6 Å². The van der Waals surface area contributed by atoms with E-state index in [0.717, 1.165) is 36.8 Å². The van der Waals surface area contributed by atoms with Gasteiger partial charge in [0.05, 0.1) is 36.8 Å². The van der Waals surface area contributed by atoms with Crippen LogP contribution < -0.4 is 0 Å². The molecule has 0 bridgehead atoms. The van der Waals surface area contributed by atoms with E-state index in [1.165, 1.54) is 20.9 Å². The van der Waals surface area contributed by atoms with Gasteiger partial charge < -0.3 is 0 Å². The molecule has 4 atom stereocenters. The second kappa shape index (κ2) is 7.84. The highest BCUT2D eigenvalue weighted by Gasteiger charge is 2.48. The molecule has 6 nitrogen and oxygen atoms in total. The van der Waals surface area contributed by atoms with Gasteiger partial charge in [0.2, 0.25) is 23.6 Å². The summed E-state index contributed by atoms with van der Waals surface area (Å²) >= 11 is 0. The summed E-state index contributed by atoms with van der Waals surface area (Å²) < 4.78 is 0. The highest BCUT2D eigenvalue weighted by molar-refractivity contribution is 6.07. The lowest BCUT2D eigenvalue weighted by Gasteiger charge is -2.18. The first-order valence-corrected chi connectivity index (χ1v) is 11.5. The van der Waals surface area contributed by atoms with Crippen molar-refractivity contribution in [2.45, 2.75) is 52.6 Å². The largest absolute Gasteiger partial charge is 0.277 e. The molecular formula is C26H28N2O4. The number of carbonyl (C=O) groups is 4. The summed E-state index contributed by atoms with van der Waals surface area (Å²) in [5.74, 6) is -1.59. The first-order valence-electron chi connectivity index (χ1n) is 11.5. The molecule has 2 aliphatic heterocycles. The minimum Gasteiger partial charge on any atom is -0.277 e. The van der Waals surface area contributed by atoms with E-state index in [4.69, 9.17) is 0 Å². The third kappa shape index (κ3) is 3.42. The SMILES string of the molecule is CC1=CC2C(=O)N(Cc3cccc(CN4C(=O)C5C=C(C)CCC5C4=O)c3)C(=O)C2CC1. The zero-order valence-corrected chi connectivity index (χ0v) is 18.5. The third-order valence-electron chi connectivity index (χ3n) is 7.44. The van der Waals surface area contributed by atoms with Gasteiger partial charge in [0.25, 0.3) is 0 Å². The Bertz CT molecular complexity index is 1000. The Morgan fingerprint density at radius 1 is 0.719 bits per heavy atom. The third-order valence-corrected chi connectivity index (χ3v) is 7.44. The fraction of sp³-hybridized carbons (Fsp3) is 0.462. The molecule has 2 heterocycles. The molecule has 4 aliphatic rings. The zero-order chi connectivity index (χ0) is 22.6. The summed E-state index contributed by atoms with van der Waals surface area (Å²) in [5, 5.41) is 0. The van der Waals surface area contributed by atoms with Crippen LogP contribution >= 0.6 is 0 Å². The number of imide groups is 2. The molecule has 4 unspecified atom stereocenters. The first kappa shape index (κ1) is 20.9. The molecule has 0 spiro atoms. The number of amides is 4. The Labute approximate surface area is 187 Å². The maximum atomic E-state index is 12.9. The Kier molecular flexibility index (Phi) is 5.11. The van der Waals surface area contributed by atoms with Crippen LogP contribution in [0.4, 0.5) is 0 Å². The molecule has 1 aromatic rings. The van der Waals surface area contributed by atoms with Crippen molar-refractivity contribution in [1.29, 1.82) is 0 Å². The van der Waals surface area contributed by atoms with Crippen molar-refractivity contribution in [2.75, 3.05) is 0 Å². The van der Waals surface area contributed by atoms with Crippen LogP contribution in [0.2, 0.25) is 0 Å². The number of allylic oxidation sites excluding steroid dienone is 2. The van der Waals surface area contributed by atoms with Crippen molar-refractivity contribution in [3.8, 4) is 0 Å². The van der Waals surface area contributed by atoms with E-state index >= 15 is 0 Å². The number of fused-ring (bicyclic) bond motifs is 2. The predicted octanol–water partition coefficient (Wildman–Crippen LogP) is 3.37. The average Bonchev–Trinajstić information content (AvgIpc) is 3.14. The Morgan fingerprint density at radius 2 is 1.16 bits per heavy atom. The maximum Gasteiger partial charge on any atom is 0.237 e. The number of hydrogen-bond acceptors (Lipinski definition) is 4. The van der Waals surface area contributed by atoms with Gasteiger partial charge >= 0.3 is 0 Å². The Morgan fingerprint density at radius 3 is 1.59 bits per heavy atom. The van der Waals surface area contributed by atoms with Gasteiger partial charge in [-0.2, -0.15) is 0 Å². The quantitative estimate of drug-likeness (QED) is 0.540. The van der Waals surface area contributed by atoms with Crippen LogP contribution in [0.1, 0.15) is 50.7 Å². The molecule has 2 fully saturated rings. The van der Waals surface area contributed by atoms with E-state index in [0.29, 0.717) is 0 Å². The lowest BCUT2D eigenvalue weighted by molar-refractivity contribution is -0.141. The van der Waals surface area contributed by atoms with Crippen LogP contribution in [0.25, 0.3) is 0 Å². The molecule has 166 valence electrons. The minimum absolute atomic E-state index is 0.0923. The number of rotatable bonds is 4. The molecule has 2 aliphatic carbocycles. The van der Waals surface area contributed by atoms with Gasteiger partial charge in [0.15, 0.2) is 0 Å². The monoisotopic (exact) mass is 432 g/mol. The molecule has 0 N–H and O–H groups in total. The summed E-state index contributed by atoms with van der Waals surface area (Å²) in [6.07, 6.45) is 7.07. The molecule has 5 rings (SSSR count). The van der Waals surface area contributed by atoms with Crippen molar-refractivity contribution < 1.29 is 19.2 Å². The molecule has 2 saturated heterocycles. The van der Waals surface area contributed by atoms with Crippen LogP contribution in [0.5, 0.6) is 0 Å². The maximum absolute atomic E-state index is 12.9. The van der Waals surface area contributed by atoms with Crippen LogP contribution in [0.15, 0.2) is 47.6 Å². The van der Waals surface area contributed by atoms with E-state index in [9.17, 15) is 19.2 Å². The van der Waals surface area contributed by atoms with E-state index in [1.807, 2.05) is 50.3 Å². The van der Waals surface area contributed by atoms with Crippen LogP contribution in [0, 0.1) is 23.7 Å². The van der Waals surface area contributed by atoms with Crippen molar-refractivity contribution in [3.63, 3.8) is 0 Å². The zero-order valence-electron chi connectivity index (χ0n) is 18.5. The highest BCUT2D eigenvalue weighted by Crippen LogP contribution is 2.38. The summed E-state index contributed by atoms with van der Waals surface area (Å²) in [6.45, 7) is 4.46. The van der Waals surface area contributed by atoms with Gasteiger partial charge in [-0.05, 0) is 50.7 Å². The number of hydrogen-bond donors (Lipinski definition) is 0. The molecular weight excluding hydrogens is 404 g/mol. The molecule has 0 aromatic heterocycles. The first-order chi connectivity index (χ1) is 15.3. The van der Waals surface area contributed by atoms with Crippen molar-refractivity contribution in [2.24, 2.45) is 23.7 Å². The standard InChI is InChI=1S/C26H28N2O4/c1-15-6-8-19-21(10-15)25(31)27(23(19)29)13-17-4-3-5-18(12-17)14-28-24(30)20-9-7-16(2)11-22(20)26(28)32/h3-5,10-12,19-22H,6-9,13-14H2,1-2H3. The van der Waals surface area contributed by atoms with E-state index in [1.54, 1.807) is 0 Å². The van der Waals surface area contributed by atoms with Crippen molar-refractivity contribution in [1.82, 2.24) is 9.80 Å².